The molecule has 1 aliphatic heterocycles. The highest BCUT2D eigenvalue weighted by Crippen LogP contribution is 2.14. The number of rotatable bonds is 9. The second-order valence-corrected chi connectivity index (χ2v) is 13.1. The van der Waals surface area contributed by atoms with Crippen LogP contribution in [0.1, 0.15) is 80.2 Å². The Kier molecular flexibility index (Phi) is 13.5. The van der Waals surface area contributed by atoms with Crippen LogP contribution in [0.4, 0.5) is 0 Å². The molecule has 0 unspecified atom stereocenters. The molecule has 10 heteroatoms. The minimum atomic E-state index is -0.994. The van der Waals surface area contributed by atoms with Gasteiger partial charge in [-0.05, 0) is 48.5 Å². The van der Waals surface area contributed by atoms with E-state index >= 15 is 0 Å². The predicted molar refractivity (Wildman–Crippen MR) is 163 cm³/mol. The normalized spacial score (nSPS) is 25.0. The summed E-state index contributed by atoms with van der Waals surface area (Å²) in [5, 5.41) is 14.2. The lowest BCUT2D eigenvalue weighted by Gasteiger charge is -2.28. The van der Waals surface area contributed by atoms with Crippen LogP contribution in [-0.2, 0) is 30.4 Å². The van der Waals surface area contributed by atoms with Crippen LogP contribution in [0.2, 0.25) is 0 Å². The SMILES string of the molecule is CC(C)C[C@@H]1NC(=O)[C@H](CC(C)C)NC(=O)[C@H](C(C)C)NC(=O)[C@H](CC(C)C)NC(=O)[C@@H](Cc2ccccc2)NC1=O. The molecule has 1 heterocycles. The lowest BCUT2D eigenvalue weighted by molar-refractivity contribution is -0.135. The topological polar surface area (TPSA) is 146 Å². The van der Waals surface area contributed by atoms with Gasteiger partial charge < -0.3 is 26.6 Å². The van der Waals surface area contributed by atoms with Crippen LogP contribution in [0.3, 0.4) is 0 Å². The Bertz CT molecular complexity index is 1070. The average molecular weight is 586 g/mol. The molecule has 0 spiro atoms. The largest absolute Gasteiger partial charge is 0.343 e. The number of carbonyl (C=O) groups excluding carboxylic acids is 5. The van der Waals surface area contributed by atoms with Crippen LogP contribution in [0.5, 0.6) is 0 Å². The van der Waals surface area contributed by atoms with E-state index in [-0.39, 0.29) is 30.1 Å². The van der Waals surface area contributed by atoms with Gasteiger partial charge in [0.2, 0.25) is 29.5 Å². The smallest absolute Gasteiger partial charge is 0.243 e. The number of benzene rings is 1. The molecule has 1 aromatic carbocycles. The summed E-state index contributed by atoms with van der Waals surface area (Å²) in [4.78, 5) is 68.0. The van der Waals surface area contributed by atoms with Crippen LogP contribution in [-0.4, -0.2) is 59.7 Å². The Hall–Kier alpha value is -3.43. The quantitative estimate of drug-likeness (QED) is 0.302. The maximum absolute atomic E-state index is 13.7. The summed E-state index contributed by atoms with van der Waals surface area (Å²) in [7, 11) is 0. The predicted octanol–water partition coefficient (Wildman–Crippen LogP) is 2.46. The van der Waals surface area contributed by atoms with E-state index in [0.29, 0.717) is 19.3 Å². The van der Waals surface area contributed by atoms with Crippen LogP contribution in [0.15, 0.2) is 30.3 Å². The van der Waals surface area contributed by atoms with E-state index in [1.807, 2.05) is 85.7 Å². The minimum absolute atomic E-state index is 0.0595. The highest BCUT2D eigenvalue weighted by Gasteiger charge is 2.36. The Balaban J connectivity index is 2.59. The van der Waals surface area contributed by atoms with Gasteiger partial charge in [0.05, 0.1) is 0 Å². The van der Waals surface area contributed by atoms with Gasteiger partial charge in [-0.2, -0.15) is 0 Å². The highest BCUT2D eigenvalue weighted by atomic mass is 16.2. The Morgan fingerprint density at radius 2 is 0.857 bits per heavy atom. The molecule has 234 valence electrons. The molecular formula is C32H51N5O5. The van der Waals surface area contributed by atoms with Crippen molar-refractivity contribution < 1.29 is 24.0 Å². The van der Waals surface area contributed by atoms with Gasteiger partial charge in [-0.25, -0.2) is 0 Å². The molecule has 5 N–H and O–H groups in total. The van der Waals surface area contributed by atoms with Gasteiger partial charge in [-0.15, -0.1) is 0 Å². The fourth-order valence-corrected chi connectivity index (χ4v) is 5.04. The molecule has 0 aliphatic carbocycles. The zero-order valence-corrected chi connectivity index (χ0v) is 26.5. The van der Waals surface area contributed by atoms with Gasteiger partial charge in [0, 0.05) is 6.42 Å². The molecule has 1 saturated heterocycles. The van der Waals surface area contributed by atoms with Crippen molar-refractivity contribution in [2.75, 3.05) is 0 Å². The van der Waals surface area contributed by atoms with Crippen molar-refractivity contribution in [1.29, 1.82) is 0 Å². The Labute approximate surface area is 250 Å². The fraction of sp³-hybridized carbons (Fsp3) is 0.656. The van der Waals surface area contributed by atoms with Gasteiger partial charge in [0.1, 0.15) is 30.2 Å². The van der Waals surface area contributed by atoms with E-state index in [1.54, 1.807) is 0 Å². The Morgan fingerprint density at radius 1 is 0.500 bits per heavy atom. The van der Waals surface area contributed by atoms with E-state index in [9.17, 15) is 24.0 Å². The number of carbonyl (C=O) groups is 5. The van der Waals surface area contributed by atoms with Crippen LogP contribution in [0, 0.1) is 23.7 Å². The van der Waals surface area contributed by atoms with Crippen LogP contribution < -0.4 is 26.6 Å². The molecule has 0 aromatic heterocycles. The van der Waals surface area contributed by atoms with Crippen molar-refractivity contribution in [3.63, 3.8) is 0 Å². The van der Waals surface area contributed by atoms with E-state index in [4.69, 9.17) is 0 Å². The van der Waals surface area contributed by atoms with Gasteiger partial charge in [-0.3, -0.25) is 24.0 Å². The molecule has 2 rings (SSSR count). The first-order valence-corrected chi connectivity index (χ1v) is 15.2. The van der Waals surface area contributed by atoms with E-state index in [0.717, 1.165) is 5.56 Å². The third kappa shape index (κ3) is 11.1. The fourth-order valence-electron chi connectivity index (χ4n) is 5.04. The monoisotopic (exact) mass is 585 g/mol. The van der Waals surface area contributed by atoms with Crippen molar-refractivity contribution in [2.45, 2.75) is 111 Å². The van der Waals surface area contributed by atoms with Crippen molar-refractivity contribution in [3.8, 4) is 0 Å². The molecular weight excluding hydrogens is 534 g/mol. The number of hydrogen-bond acceptors (Lipinski definition) is 5. The highest BCUT2D eigenvalue weighted by molar-refractivity contribution is 5.98. The third-order valence-corrected chi connectivity index (χ3v) is 7.18. The number of hydrogen-bond donors (Lipinski definition) is 5. The van der Waals surface area contributed by atoms with Gasteiger partial charge >= 0.3 is 0 Å². The van der Waals surface area contributed by atoms with Crippen molar-refractivity contribution in [3.05, 3.63) is 35.9 Å². The summed E-state index contributed by atoms with van der Waals surface area (Å²) in [6.07, 6.45) is 1.21. The second kappa shape index (κ2) is 16.3. The minimum Gasteiger partial charge on any atom is -0.343 e. The summed E-state index contributed by atoms with van der Waals surface area (Å²) in [6, 6.07) is 4.61. The lowest BCUT2D eigenvalue weighted by Crippen LogP contribution is -2.59. The first kappa shape index (κ1) is 34.8. The van der Waals surface area contributed by atoms with Crippen molar-refractivity contribution in [1.82, 2.24) is 26.6 Å². The molecule has 42 heavy (non-hydrogen) atoms. The molecule has 0 bridgehead atoms. The van der Waals surface area contributed by atoms with Crippen molar-refractivity contribution in [2.24, 2.45) is 23.7 Å². The second-order valence-electron chi connectivity index (χ2n) is 13.1. The molecule has 0 saturated carbocycles. The first-order valence-electron chi connectivity index (χ1n) is 15.2. The summed E-state index contributed by atoms with van der Waals surface area (Å²) in [5.74, 6) is -2.57. The standard InChI is InChI=1S/C32H51N5O5/c1-18(2)14-23-28(38)35-26(17-22-12-10-9-11-13-22)30(40)34-25(16-20(5)6)31(41)37-27(21(7)8)32(42)36-24(15-19(3)4)29(39)33-23/h9-13,18-21,23-27H,14-17H2,1-8H3,(H,33,39)(H,34,40)(H,35,38)(H,36,42)(H,37,41)/t23-,24-,25-,26+,27-/m0/s1. The first-order chi connectivity index (χ1) is 19.7. The van der Waals surface area contributed by atoms with Crippen LogP contribution >= 0.6 is 0 Å². The van der Waals surface area contributed by atoms with E-state index in [1.165, 1.54) is 0 Å². The molecule has 1 fully saturated rings. The molecule has 0 radical (unpaired) electrons. The average Bonchev–Trinajstić information content (AvgIpc) is 2.89. The molecule has 1 aromatic rings. The molecule has 1 aliphatic rings. The van der Waals surface area contributed by atoms with Gasteiger partial charge in [0.15, 0.2) is 0 Å². The third-order valence-electron chi connectivity index (χ3n) is 7.18. The Morgan fingerprint density at radius 3 is 1.26 bits per heavy atom. The zero-order valence-electron chi connectivity index (χ0n) is 26.5. The maximum Gasteiger partial charge on any atom is 0.243 e. The molecule has 5 atom stereocenters. The zero-order chi connectivity index (χ0) is 31.6. The number of nitrogens with one attached hydrogen (secondary N) is 5. The molecule has 10 nitrogen and oxygen atoms in total. The van der Waals surface area contributed by atoms with Crippen molar-refractivity contribution >= 4 is 29.5 Å². The van der Waals surface area contributed by atoms with Gasteiger partial charge in [-0.1, -0.05) is 85.7 Å². The summed E-state index contributed by atoms with van der Waals surface area (Å²) < 4.78 is 0. The lowest BCUT2D eigenvalue weighted by atomic mass is 9.98. The summed E-state index contributed by atoms with van der Waals surface area (Å²) in [6.45, 7) is 15.3. The van der Waals surface area contributed by atoms with E-state index in [2.05, 4.69) is 26.6 Å². The maximum atomic E-state index is 13.7. The van der Waals surface area contributed by atoms with E-state index < -0.39 is 59.7 Å². The molecule has 5 amide bonds. The van der Waals surface area contributed by atoms with Crippen LogP contribution in [0.25, 0.3) is 0 Å². The number of amides is 5. The summed E-state index contributed by atoms with van der Waals surface area (Å²) in [5.41, 5.74) is 0.830. The van der Waals surface area contributed by atoms with Gasteiger partial charge in [0.25, 0.3) is 0 Å². The summed E-state index contributed by atoms with van der Waals surface area (Å²) >= 11 is 0.